The van der Waals surface area contributed by atoms with Gasteiger partial charge in [0.15, 0.2) is 5.17 Å². The standard InChI is InChI=1S/C20H21N3O2S/c1-2-21-19(25)17-13-18(24)23(14-15-9-5-3-6-10-15)20(26-17)22-16-11-7-4-8-12-16/h3-12,17H,2,13-14H2,1H3,(H,21,25). The van der Waals surface area contributed by atoms with E-state index in [0.717, 1.165) is 11.3 Å². The van der Waals surface area contributed by atoms with Crippen LogP contribution < -0.4 is 5.32 Å². The summed E-state index contributed by atoms with van der Waals surface area (Å²) in [7, 11) is 0. The molecular formula is C20H21N3O2S. The van der Waals surface area contributed by atoms with Crippen LogP contribution in [0.4, 0.5) is 5.69 Å². The molecule has 0 radical (unpaired) electrons. The molecular weight excluding hydrogens is 346 g/mol. The van der Waals surface area contributed by atoms with Gasteiger partial charge >= 0.3 is 0 Å². The zero-order chi connectivity index (χ0) is 18.4. The van der Waals surface area contributed by atoms with Crippen molar-refractivity contribution in [2.75, 3.05) is 6.54 Å². The van der Waals surface area contributed by atoms with Crippen molar-refractivity contribution in [3.63, 3.8) is 0 Å². The highest BCUT2D eigenvalue weighted by molar-refractivity contribution is 8.15. The fraction of sp³-hybridized carbons (Fsp3) is 0.250. The fourth-order valence-electron chi connectivity index (χ4n) is 2.66. The number of amides is 2. The molecule has 3 rings (SSSR count). The van der Waals surface area contributed by atoms with Crippen molar-refractivity contribution < 1.29 is 9.59 Å². The molecule has 1 aliphatic rings. The Hall–Kier alpha value is -2.60. The van der Waals surface area contributed by atoms with Crippen LogP contribution in [0.2, 0.25) is 0 Å². The summed E-state index contributed by atoms with van der Waals surface area (Å²) in [6.07, 6.45) is 0.178. The zero-order valence-corrected chi connectivity index (χ0v) is 15.4. The minimum Gasteiger partial charge on any atom is -0.355 e. The topological polar surface area (TPSA) is 61.8 Å². The third-order valence-corrected chi connectivity index (χ3v) is 5.14. The predicted octanol–water partition coefficient (Wildman–Crippen LogP) is 3.34. The van der Waals surface area contributed by atoms with Gasteiger partial charge in [-0.25, -0.2) is 4.99 Å². The highest BCUT2D eigenvalue weighted by Crippen LogP contribution is 2.30. The Kier molecular flexibility index (Phi) is 6.07. The van der Waals surface area contributed by atoms with Crippen LogP contribution >= 0.6 is 11.8 Å². The van der Waals surface area contributed by atoms with Gasteiger partial charge in [-0.2, -0.15) is 0 Å². The Morgan fingerprint density at radius 1 is 1.15 bits per heavy atom. The van der Waals surface area contributed by atoms with Crippen molar-refractivity contribution in [1.29, 1.82) is 0 Å². The summed E-state index contributed by atoms with van der Waals surface area (Å²) in [5.74, 6) is -0.204. The molecule has 1 heterocycles. The lowest BCUT2D eigenvalue weighted by molar-refractivity contribution is -0.130. The quantitative estimate of drug-likeness (QED) is 0.882. The number of carbonyl (C=O) groups excluding carboxylic acids is 2. The number of rotatable bonds is 5. The maximum absolute atomic E-state index is 12.8. The first-order valence-corrected chi connectivity index (χ1v) is 9.47. The average molecular weight is 367 g/mol. The molecule has 0 aliphatic carbocycles. The number of benzene rings is 2. The van der Waals surface area contributed by atoms with E-state index in [-0.39, 0.29) is 18.2 Å². The SMILES string of the molecule is CCNC(=O)C1CC(=O)N(Cc2ccccc2)C(=Nc2ccccc2)S1. The maximum Gasteiger partial charge on any atom is 0.234 e. The highest BCUT2D eigenvalue weighted by atomic mass is 32.2. The second kappa shape index (κ2) is 8.67. The van der Waals surface area contributed by atoms with E-state index >= 15 is 0 Å². The summed E-state index contributed by atoms with van der Waals surface area (Å²) < 4.78 is 0. The van der Waals surface area contributed by atoms with Crippen molar-refractivity contribution in [1.82, 2.24) is 10.2 Å². The van der Waals surface area contributed by atoms with Gasteiger partial charge in [-0.1, -0.05) is 60.3 Å². The largest absolute Gasteiger partial charge is 0.355 e. The van der Waals surface area contributed by atoms with Gasteiger partial charge in [-0.05, 0) is 24.6 Å². The number of hydrogen-bond acceptors (Lipinski definition) is 4. The van der Waals surface area contributed by atoms with Crippen molar-refractivity contribution in [3.05, 3.63) is 66.2 Å². The molecule has 0 spiro atoms. The van der Waals surface area contributed by atoms with E-state index in [1.165, 1.54) is 11.8 Å². The number of nitrogens with one attached hydrogen (secondary N) is 1. The summed E-state index contributed by atoms with van der Waals surface area (Å²) in [5, 5.41) is 2.91. The summed E-state index contributed by atoms with van der Waals surface area (Å²) >= 11 is 1.35. The smallest absolute Gasteiger partial charge is 0.234 e. The molecule has 1 fully saturated rings. The molecule has 2 aromatic carbocycles. The van der Waals surface area contributed by atoms with Gasteiger partial charge < -0.3 is 5.32 Å². The Balaban J connectivity index is 1.89. The molecule has 0 saturated carbocycles. The monoisotopic (exact) mass is 367 g/mol. The lowest BCUT2D eigenvalue weighted by atomic mass is 10.2. The highest BCUT2D eigenvalue weighted by Gasteiger charge is 2.35. The molecule has 5 nitrogen and oxygen atoms in total. The summed E-state index contributed by atoms with van der Waals surface area (Å²) in [6.45, 7) is 2.86. The Bertz CT molecular complexity index is 793. The molecule has 1 saturated heterocycles. The van der Waals surface area contributed by atoms with Crippen LogP contribution in [-0.4, -0.2) is 33.7 Å². The van der Waals surface area contributed by atoms with Gasteiger partial charge in [0.1, 0.15) is 0 Å². The molecule has 0 bridgehead atoms. The number of hydrogen-bond donors (Lipinski definition) is 1. The van der Waals surface area contributed by atoms with E-state index in [4.69, 9.17) is 0 Å². The fourth-order valence-corrected chi connectivity index (χ4v) is 3.79. The van der Waals surface area contributed by atoms with Gasteiger partial charge in [0.25, 0.3) is 0 Å². The van der Waals surface area contributed by atoms with Crippen LogP contribution in [0, 0.1) is 0 Å². The van der Waals surface area contributed by atoms with Crippen LogP contribution in [0.5, 0.6) is 0 Å². The van der Waals surface area contributed by atoms with Crippen LogP contribution in [-0.2, 0) is 16.1 Å². The number of nitrogens with zero attached hydrogens (tertiary/aromatic N) is 2. The first-order valence-electron chi connectivity index (χ1n) is 8.59. The number of carbonyl (C=O) groups is 2. The van der Waals surface area contributed by atoms with E-state index in [1.807, 2.05) is 67.6 Å². The third kappa shape index (κ3) is 4.52. The van der Waals surface area contributed by atoms with Crippen LogP contribution in [0.1, 0.15) is 18.9 Å². The number of amidine groups is 1. The molecule has 2 amide bonds. The van der Waals surface area contributed by atoms with E-state index in [2.05, 4.69) is 10.3 Å². The van der Waals surface area contributed by atoms with Gasteiger partial charge in [0.2, 0.25) is 11.8 Å². The molecule has 26 heavy (non-hydrogen) atoms. The van der Waals surface area contributed by atoms with Crippen LogP contribution in [0.25, 0.3) is 0 Å². The number of thioether (sulfide) groups is 1. The Labute approximate surface area is 157 Å². The summed E-state index contributed by atoms with van der Waals surface area (Å²) in [5.41, 5.74) is 1.79. The molecule has 1 unspecified atom stereocenters. The molecule has 1 N–H and O–H groups in total. The third-order valence-electron chi connectivity index (χ3n) is 3.95. The molecule has 0 aromatic heterocycles. The minimum atomic E-state index is -0.447. The molecule has 1 aliphatic heterocycles. The van der Waals surface area contributed by atoms with Gasteiger partial charge in [0, 0.05) is 13.0 Å². The normalized spacial score (nSPS) is 18.8. The molecule has 134 valence electrons. The number of para-hydroxylation sites is 1. The van der Waals surface area contributed by atoms with Gasteiger partial charge in [-0.3, -0.25) is 14.5 Å². The second-order valence-electron chi connectivity index (χ2n) is 5.90. The van der Waals surface area contributed by atoms with Gasteiger partial charge in [0.05, 0.1) is 17.5 Å². The predicted molar refractivity (Wildman–Crippen MR) is 105 cm³/mol. The van der Waals surface area contributed by atoms with E-state index < -0.39 is 5.25 Å². The maximum atomic E-state index is 12.8. The first-order chi connectivity index (χ1) is 12.7. The first kappa shape index (κ1) is 18.2. The zero-order valence-electron chi connectivity index (χ0n) is 14.6. The van der Waals surface area contributed by atoms with Gasteiger partial charge in [-0.15, -0.1) is 0 Å². The Morgan fingerprint density at radius 3 is 2.46 bits per heavy atom. The summed E-state index contributed by atoms with van der Waals surface area (Å²) in [4.78, 5) is 31.3. The van der Waals surface area contributed by atoms with E-state index in [0.29, 0.717) is 18.3 Å². The Morgan fingerprint density at radius 2 is 1.81 bits per heavy atom. The molecule has 1 atom stereocenters. The van der Waals surface area contributed by atoms with E-state index in [1.54, 1.807) is 4.90 Å². The lowest BCUT2D eigenvalue weighted by Crippen LogP contribution is -2.46. The summed E-state index contributed by atoms with van der Waals surface area (Å²) in [6, 6.07) is 19.3. The average Bonchev–Trinajstić information content (AvgIpc) is 2.66. The molecule has 2 aromatic rings. The van der Waals surface area contributed by atoms with Crippen molar-refractivity contribution in [2.24, 2.45) is 4.99 Å². The lowest BCUT2D eigenvalue weighted by Gasteiger charge is -2.31. The van der Waals surface area contributed by atoms with E-state index in [9.17, 15) is 9.59 Å². The van der Waals surface area contributed by atoms with Crippen molar-refractivity contribution in [2.45, 2.75) is 25.1 Å². The van der Waals surface area contributed by atoms with Crippen LogP contribution in [0.3, 0.4) is 0 Å². The number of aliphatic imine (C=N–C) groups is 1. The second-order valence-corrected chi connectivity index (χ2v) is 7.07. The molecule has 6 heteroatoms. The van der Waals surface area contributed by atoms with Crippen LogP contribution in [0.15, 0.2) is 65.7 Å². The van der Waals surface area contributed by atoms with Crippen molar-refractivity contribution in [3.8, 4) is 0 Å². The van der Waals surface area contributed by atoms with Crippen molar-refractivity contribution >= 4 is 34.4 Å². The minimum absolute atomic E-state index is 0.0847.